The Morgan fingerprint density at radius 2 is 2.00 bits per heavy atom. The first-order valence-corrected chi connectivity index (χ1v) is 6.25. The molecule has 0 spiro atoms. The van der Waals surface area contributed by atoms with Crippen molar-refractivity contribution >= 4 is 44.9 Å². The van der Waals surface area contributed by atoms with Crippen molar-refractivity contribution in [2.45, 2.75) is 0 Å². The van der Waals surface area contributed by atoms with E-state index in [1.807, 2.05) is 0 Å². The Balaban J connectivity index is 2.51. The van der Waals surface area contributed by atoms with E-state index >= 15 is 0 Å². The third-order valence-corrected chi connectivity index (χ3v) is 3.35. The number of nitrogens with zero attached hydrogens (tertiary/aromatic N) is 1. The second-order valence-corrected chi connectivity index (χ2v) is 4.99. The summed E-state index contributed by atoms with van der Waals surface area (Å²) in [4.78, 5) is 16.2. The predicted molar refractivity (Wildman–Crippen MR) is 71.8 cm³/mol. The van der Waals surface area contributed by atoms with Gasteiger partial charge < -0.3 is 0 Å². The van der Waals surface area contributed by atoms with E-state index in [9.17, 15) is 4.79 Å². The quantitative estimate of drug-likeness (QED) is 0.765. The van der Waals surface area contributed by atoms with E-state index in [0.29, 0.717) is 25.8 Å². The molecule has 0 unspecified atom stereocenters. The van der Waals surface area contributed by atoms with Crippen LogP contribution in [0, 0.1) is 0 Å². The first kappa shape index (κ1) is 12.6. The van der Waals surface area contributed by atoms with Crippen LogP contribution in [0.15, 0.2) is 41.0 Å². The molecule has 2 rings (SSSR count). The molecule has 1 heterocycles. The number of carbonyl (C=O) groups excluding carboxylic acids is 1. The van der Waals surface area contributed by atoms with Gasteiger partial charge in [-0.1, -0.05) is 23.2 Å². The molecule has 1 aromatic heterocycles. The van der Waals surface area contributed by atoms with Gasteiger partial charge in [-0.25, -0.2) is 0 Å². The van der Waals surface area contributed by atoms with Crippen molar-refractivity contribution in [3.05, 3.63) is 62.3 Å². The number of carbonyl (C=O) groups is 1. The molecule has 0 fully saturated rings. The van der Waals surface area contributed by atoms with Crippen LogP contribution in [0.3, 0.4) is 0 Å². The van der Waals surface area contributed by atoms with Gasteiger partial charge in [0.15, 0.2) is 0 Å². The van der Waals surface area contributed by atoms with Crippen LogP contribution < -0.4 is 0 Å². The summed E-state index contributed by atoms with van der Waals surface area (Å²) in [6.45, 7) is 0. The van der Waals surface area contributed by atoms with Gasteiger partial charge in [-0.05, 0) is 46.3 Å². The largest absolute Gasteiger partial charge is 0.287 e. The first-order chi connectivity index (χ1) is 8.09. The van der Waals surface area contributed by atoms with E-state index in [2.05, 4.69) is 20.9 Å². The fourth-order valence-corrected chi connectivity index (χ4v) is 2.16. The van der Waals surface area contributed by atoms with E-state index in [1.165, 1.54) is 6.07 Å². The van der Waals surface area contributed by atoms with Crippen LogP contribution in [0.1, 0.15) is 16.1 Å². The van der Waals surface area contributed by atoms with E-state index < -0.39 is 0 Å². The summed E-state index contributed by atoms with van der Waals surface area (Å²) >= 11 is 15.1. The molecule has 0 aliphatic rings. The molecule has 0 bridgehead atoms. The van der Waals surface area contributed by atoms with Crippen molar-refractivity contribution in [2.75, 3.05) is 0 Å². The minimum absolute atomic E-state index is 0.259. The summed E-state index contributed by atoms with van der Waals surface area (Å²) in [5.74, 6) is -0.259. The van der Waals surface area contributed by atoms with Gasteiger partial charge in [0.2, 0.25) is 5.78 Å². The van der Waals surface area contributed by atoms with Gasteiger partial charge in [-0.3, -0.25) is 9.78 Å². The van der Waals surface area contributed by atoms with Gasteiger partial charge in [0.05, 0.1) is 5.02 Å². The molecule has 86 valence electrons. The summed E-state index contributed by atoms with van der Waals surface area (Å²) < 4.78 is 0.626. The van der Waals surface area contributed by atoms with Crippen LogP contribution in [-0.4, -0.2) is 10.8 Å². The predicted octanol–water partition coefficient (Wildman–Crippen LogP) is 4.38. The van der Waals surface area contributed by atoms with Crippen molar-refractivity contribution in [1.29, 1.82) is 0 Å². The summed E-state index contributed by atoms with van der Waals surface area (Å²) in [5.41, 5.74) is 0.662. The topological polar surface area (TPSA) is 30.0 Å². The highest BCUT2D eigenvalue weighted by atomic mass is 79.9. The van der Waals surface area contributed by atoms with Crippen LogP contribution in [-0.2, 0) is 0 Å². The zero-order chi connectivity index (χ0) is 12.4. The Morgan fingerprint density at radius 1 is 1.24 bits per heavy atom. The highest BCUT2D eigenvalue weighted by Gasteiger charge is 2.17. The maximum Gasteiger partial charge on any atom is 0.214 e. The van der Waals surface area contributed by atoms with Gasteiger partial charge in [0.1, 0.15) is 5.69 Å². The average Bonchev–Trinajstić information content (AvgIpc) is 2.32. The summed E-state index contributed by atoms with van der Waals surface area (Å²) in [7, 11) is 0. The summed E-state index contributed by atoms with van der Waals surface area (Å²) in [6.07, 6.45) is 1.55. The molecule has 0 aliphatic carbocycles. The fourth-order valence-electron chi connectivity index (χ4n) is 1.35. The minimum atomic E-state index is -0.259. The average molecular weight is 331 g/mol. The first-order valence-electron chi connectivity index (χ1n) is 4.70. The molecule has 0 saturated heterocycles. The SMILES string of the molecule is O=C(c1cc(Cl)ccc1Cl)c1ncccc1Br. The number of rotatable bonds is 2. The van der Waals surface area contributed by atoms with Crippen LogP contribution in [0.25, 0.3) is 0 Å². The molecule has 17 heavy (non-hydrogen) atoms. The van der Waals surface area contributed by atoms with Gasteiger partial charge in [0, 0.05) is 21.3 Å². The van der Waals surface area contributed by atoms with Gasteiger partial charge in [-0.15, -0.1) is 0 Å². The number of aromatic nitrogens is 1. The van der Waals surface area contributed by atoms with Gasteiger partial charge >= 0.3 is 0 Å². The molecule has 0 saturated carbocycles. The number of pyridine rings is 1. The third kappa shape index (κ3) is 2.68. The Hall–Kier alpha value is -0.900. The second-order valence-electron chi connectivity index (χ2n) is 3.29. The minimum Gasteiger partial charge on any atom is -0.287 e. The number of halogens is 3. The lowest BCUT2D eigenvalue weighted by atomic mass is 10.1. The lowest BCUT2D eigenvalue weighted by Crippen LogP contribution is -2.05. The number of benzene rings is 1. The monoisotopic (exact) mass is 329 g/mol. The maximum atomic E-state index is 12.2. The van der Waals surface area contributed by atoms with Gasteiger partial charge in [-0.2, -0.15) is 0 Å². The standard InChI is InChI=1S/C12H6BrCl2NO/c13-9-2-1-5-16-11(9)12(17)8-6-7(14)3-4-10(8)15/h1-6H. The van der Waals surface area contributed by atoms with Crippen molar-refractivity contribution in [1.82, 2.24) is 4.98 Å². The molecular formula is C12H6BrCl2NO. The third-order valence-electron chi connectivity index (χ3n) is 2.15. The van der Waals surface area contributed by atoms with Crippen LogP contribution in [0.5, 0.6) is 0 Å². The van der Waals surface area contributed by atoms with Crippen molar-refractivity contribution < 1.29 is 4.79 Å². The van der Waals surface area contributed by atoms with E-state index in [-0.39, 0.29) is 5.78 Å². The van der Waals surface area contributed by atoms with E-state index in [4.69, 9.17) is 23.2 Å². The van der Waals surface area contributed by atoms with E-state index in [0.717, 1.165) is 0 Å². The lowest BCUT2D eigenvalue weighted by molar-refractivity contribution is 0.103. The van der Waals surface area contributed by atoms with Crippen LogP contribution in [0.4, 0.5) is 0 Å². The summed E-state index contributed by atoms with van der Waals surface area (Å²) in [6, 6.07) is 8.24. The van der Waals surface area contributed by atoms with Crippen molar-refractivity contribution in [2.24, 2.45) is 0 Å². The normalized spacial score (nSPS) is 10.3. The second kappa shape index (κ2) is 5.17. The molecule has 0 atom stereocenters. The van der Waals surface area contributed by atoms with Crippen LogP contribution >= 0.6 is 39.1 Å². The van der Waals surface area contributed by atoms with Crippen LogP contribution in [0.2, 0.25) is 10.0 Å². The van der Waals surface area contributed by atoms with E-state index in [1.54, 1.807) is 30.5 Å². The smallest absolute Gasteiger partial charge is 0.214 e. The number of hydrogen-bond acceptors (Lipinski definition) is 2. The Labute approximate surface area is 117 Å². The lowest BCUT2D eigenvalue weighted by Gasteiger charge is -2.05. The molecule has 0 aliphatic heterocycles. The fraction of sp³-hybridized carbons (Fsp3) is 0. The number of hydrogen-bond donors (Lipinski definition) is 0. The highest BCUT2D eigenvalue weighted by molar-refractivity contribution is 9.10. The Morgan fingerprint density at radius 3 is 2.71 bits per heavy atom. The molecule has 0 amide bonds. The zero-order valence-electron chi connectivity index (χ0n) is 8.45. The molecular weight excluding hydrogens is 325 g/mol. The van der Waals surface area contributed by atoms with Crippen molar-refractivity contribution in [3.63, 3.8) is 0 Å². The molecule has 1 aromatic carbocycles. The maximum absolute atomic E-state index is 12.2. The molecule has 0 N–H and O–H groups in total. The zero-order valence-corrected chi connectivity index (χ0v) is 11.6. The van der Waals surface area contributed by atoms with Gasteiger partial charge in [0.25, 0.3) is 0 Å². The molecule has 2 aromatic rings. The molecule has 5 heteroatoms. The Bertz CT molecular complexity index is 586. The highest BCUT2D eigenvalue weighted by Crippen LogP contribution is 2.25. The molecule has 0 radical (unpaired) electrons. The van der Waals surface area contributed by atoms with Crippen molar-refractivity contribution in [3.8, 4) is 0 Å². The molecule has 2 nitrogen and oxygen atoms in total. The Kier molecular flexibility index (Phi) is 3.82. The number of ketones is 1. The summed E-state index contributed by atoms with van der Waals surface area (Å²) in [5, 5.41) is 0.821.